The molecule has 0 saturated heterocycles. The molecule has 0 bridgehead atoms. The van der Waals surface area contributed by atoms with Crippen LogP contribution in [0.15, 0.2) is 58.8 Å². The Hall–Kier alpha value is -2.22. The number of amides is 1. The van der Waals surface area contributed by atoms with Gasteiger partial charge in [-0.15, -0.1) is 11.3 Å². The highest BCUT2D eigenvalue weighted by Crippen LogP contribution is 2.30. The van der Waals surface area contributed by atoms with Gasteiger partial charge < -0.3 is 5.32 Å². The van der Waals surface area contributed by atoms with Gasteiger partial charge in [0.05, 0.1) is 22.0 Å². The molecule has 26 heavy (non-hydrogen) atoms. The second kappa shape index (κ2) is 7.57. The monoisotopic (exact) mass is 406 g/mol. The molecule has 1 amide bonds. The van der Waals surface area contributed by atoms with Gasteiger partial charge in [0.1, 0.15) is 5.01 Å². The van der Waals surface area contributed by atoms with Crippen LogP contribution in [-0.4, -0.2) is 25.6 Å². The Labute approximate surface area is 160 Å². The molecular formula is C18H15ClN2O3S2. The first-order valence-corrected chi connectivity index (χ1v) is 10.8. The molecule has 2 aromatic carbocycles. The standard InChI is InChI=1S/C18H15ClN2O3S2/c1-26(23,24)14-8-6-12(7-9-14)20-17(22)10-13-11-25-18(21-13)15-4-2-3-5-16(15)19/h2-9,11H,10H2,1H3,(H,20,22). The highest BCUT2D eigenvalue weighted by Gasteiger charge is 2.12. The summed E-state index contributed by atoms with van der Waals surface area (Å²) in [4.78, 5) is 16.9. The van der Waals surface area contributed by atoms with Gasteiger partial charge in [0.15, 0.2) is 9.84 Å². The number of benzene rings is 2. The topological polar surface area (TPSA) is 76.1 Å². The summed E-state index contributed by atoms with van der Waals surface area (Å²) in [6, 6.07) is 13.5. The van der Waals surface area contributed by atoms with Gasteiger partial charge in [-0.2, -0.15) is 0 Å². The van der Waals surface area contributed by atoms with Crippen LogP contribution in [0.4, 0.5) is 5.69 Å². The van der Waals surface area contributed by atoms with Crippen LogP contribution in [0.2, 0.25) is 5.02 Å². The first-order valence-electron chi connectivity index (χ1n) is 7.62. The van der Waals surface area contributed by atoms with Crippen LogP contribution in [0.5, 0.6) is 0 Å². The van der Waals surface area contributed by atoms with E-state index in [2.05, 4.69) is 10.3 Å². The second-order valence-electron chi connectivity index (χ2n) is 5.65. The molecular weight excluding hydrogens is 392 g/mol. The number of halogens is 1. The van der Waals surface area contributed by atoms with Crippen molar-refractivity contribution in [2.75, 3.05) is 11.6 Å². The molecule has 0 saturated carbocycles. The minimum atomic E-state index is -3.26. The lowest BCUT2D eigenvalue weighted by Gasteiger charge is -2.05. The van der Waals surface area contributed by atoms with Crippen molar-refractivity contribution in [2.24, 2.45) is 0 Å². The van der Waals surface area contributed by atoms with E-state index in [9.17, 15) is 13.2 Å². The van der Waals surface area contributed by atoms with E-state index in [4.69, 9.17) is 11.6 Å². The molecule has 0 fully saturated rings. The third kappa shape index (κ3) is 4.49. The first-order chi connectivity index (χ1) is 12.3. The largest absolute Gasteiger partial charge is 0.326 e. The zero-order valence-corrected chi connectivity index (χ0v) is 16.2. The summed E-state index contributed by atoms with van der Waals surface area (Å²) in [6.45, 7) is 0. The molecule has 0 unspecified atom stereocenters. The lowest BCUT2D eigenvalue weighted by Crippen LogP contribution is -2.14. The molecule has 0 aliphatic carbocycles. The molecule has 3 rings (SSSR count). The van der Waals surface area contributed by atoms with E-state index < -0.39 is 9.84 Å². The van der Waals surface area contributed by atoms with Crippen molar-refractivity contribution in [1.82, 2.24) is 4.98 Å². The van der Waals surface area contributed by atoms with Crippen LogP contribution < -0.4 is 5.32 Å². The van der Waals surface area contributed by atoms with Crippen molar-refractivity contribution < 1.29 is 13.2 Å². The van der Waals surface area contributed by atoms with E-state index in [0.29, 0.717) is 16.4 Å². The molecule has 1 N–H and O–H groups in total. The van der Waals surface area contributed by atoms with E-state index in [1.165, 1.54) is 23.5 Å². The number of nitrogens with zero attached hydrogens (tertiary/aromatic N) is 1. The van der Waals surface area contributed by atoms with Gasteiger partial charge in [0, 0.05) is 22.9 Å². The lowest BCUT2D eigenvalue weighted by atomic mass is 10.2. The van der Waals surface area contributed by atoms with Crippen molar-refractivity contribution in [3.63, 3.8) is 0 Å². The third-order valence-corrected chi connectivity index (χ3v) is 5.95. The number of hydrogen-bond acceptors (Lipinski definition) is 5. The van der Waals surface area contributed by atoms with Crippen LogP contribution in [0.25, 0.3) is 10.6 Å². The number of carbonyl (C=O) groups is 1. The van der Waals surface area contributed by atoms with Gasteiger partial charge in [-0.3, -0.25) is 4.79 Å². The predicted molar refractivity (Wildman–Crippen MR) is 104 cm³/mol. The maximum Gasteiger partial charge on any atom is 0.230 e. The number of sulfone groups is 1. The van der Waals surface area contributed by atoms with Gasteiger partial charge in [0.2, 0.25) is 5.91 Å². The lowest BCUT2D eigenvalue weighted by molar-refractivity contribution is -0.115. The summed E-state index contributed by atoms with van der Waals surface area (Å²) >= 11 is 7.60. The van der Waals surface area contributed by atoms with E-state index in [-0.39, 0.29) is 17.2 Å². The number of nitrogens with one attached hydrogen (secondary N) is 1. The van der Waals surface area contributed by atoms with Crippen molar-refractivity contribution in [1.29, 1.82) is 0 Å². The van der Waals surface area contributed by atoms with E-state index >= 15 is 0 Å². The summed E-state index contributed by atoms with van der Waals surface area (Å²) in [6.07, 6.45) is 1.26. The Morgan fingerprint density at radius 3 is 2.50 bits per heavy atom. The molecule has 0 aliphatic heterocycles. The number of hydrogen-bond donors (Lipinski definition) is 1. The SMILES string of the molecule is CS(=O)(=O)c1ccc(NC(=O)Cc2csc(-c3ccccc3Cl)n2)cc1. The second-order valence-corrected chi connectivity index (χ2v) is 8.93. The average molecular weight is 407 g/mol. The van der Waals surface area contributed by atoms with Crippen LogP contribution in [0.3, 0.4) is 0 Å². The fraction of sp³-hybridized carbons (Fsp3) is 0.111. The Bertz CT molecular complexity index is 1040. The van der Waals surface area contributed by atoms with E-state index in [1.807, 2.05) is 23.6 Å². The maximum absolute atomic E-state index is 12.2. The van der Waals surface area contributed by atoms with Gasteiger partial charge in [-0.25, -0.2) is 13.4 Å². The Morgan fingerprint density at radius 2 is 1.85 bits per heavy atom. The zero-order valence-electron chi connectivity index (χ0n) is 13.8. The molecule has 3 aromatic rings. The highest BCUT2D eigenvalue weighted by molar-refractivity contribution is 7.90. The molecule has 1 aromatic heterocycles. The smallest absolute Gasteiger partial charge is 0.230 e. The summed E-state index contributed by atoms with van der Waals surface area (Å²) in [5.74, 6) is -0.229. The van der Waals surface area contributed by atoms with Gasteiger partial charge in [-0.05, 0) is 30.3 Å². The number of carbonyl (C=O) groups excluding carboxylic acids is 1. The van der Waals surface area contributed by atoms with Gasteiger partial charge in [0.25, 0.3) is 0 Å². The summed E-state index contributed by atoms with van der Waals surface area (Å²) in [5.41, 5.74) is 2.02. The fourth-order valence-electron chi connectivity index (χ4n) is 2.30. The quantitative estimate of drug-likeness (QED) is 0.693. The highest BCUT2D eigenvalue weighted by atomic mass is 35.5. The number of rotatable bonds is 5. The normalized spacial score (nSPS) is 11.3. The zero-order chi connectivity index (χ0) is 18.7. The summed E-state index contributed by atoms with van der Waals surface area (Å²) < 4.78 is 22.9. The van der Waals surface area contributed by atoms with Crippen LogP contribution in [-0.2, 0) is 21.1 Å². The van der Waals surface area contributed by atoms with Gasteiger partial charge in [-0.1, -0.05) is 29.8 Å². The van der Waals surface area contributed by atoms with E-state index in [1.54, 1.807) is 18.2 Å². The van der Waals surface area contributed by atoms with Crippen LogP contribution in [0.1, 0.15) is 5.69 Å². The molecule has 0 atom stereocenters. The van der Waals surface area contributed by atoms with Crippen molar-refractivity contribution in [2.45, 2.75) is 11.3 Å². The fourth-order valence-corrected chi connectivity index (χ4v) is 4.07. The van der Waals surface area contributed by atoms with Crippen molar-refractivity contribution in [3.8, 4) is 10.6 Å². The minimum Gasteiger partial charge on any atom is -0.326 e. The Kier molecular flexibility index (Phi) is 5.41. The van der Waals surface area contributed by atoms with Crippen molar-refractivity contribution in [3.05, 3.63) is 64.6 Å². The average Bonchev–Trinajstić information content (AvgIpc) is 3.03. The Balaban J connectivity index is 1.67. The summed E-state index contributed by atoms with van der Waals surface area (Å²) in [5, 5.41) is 5.93. The number of thiazole rings is 1. The maximum atomic E-state index is 12.2. The van der Waals surface area contributed by atoms with Crippen LogP contribution in [0, 0.1) is 0 Å². The molecule has 8 heteroatoms. The van der Waals surface area contributed by atoms with E-state index in [0.717, 1.165) is 16.8 Å². The molecule has 0 spiro atoms. The molecule has 134 valence electrons. The number of aromatic nitrogens is 1. The van der Waals surface area contributed by atoms with Crippen molar-refractivity contribution >= 4 is 44.4 Å². The Morgan fingerprint density at radius 1 is 1.15 bits per heavy atom. The van der Waals surface area contributed by atoms with Crippen LogP contribution >= 0.6 is 22.9 Å². The third-order valence-electron chi connectivity index (χ3n) is 3.56. The molecule has 0 aliphatic rings. The first kappa shape index (κ1) is 18.6. The molecule has 1 heterocycles. The predicted octanol–water partition coefficient (Wildman–Crippen LogP) is 4.05. The number of anilines is 1. The van der Waals surface area contributed by atoms with Gasteiger partial charge >= 0.3 is 0 Å². The summed E-state index contributed by atoms with van der Waals surface area (Å²) in [7, 11) is -3.26. The molecule has 5 nitrogen and oxygen atoms in total. The minimum absolute atomic E-state index is 0.120. The molecule has 0 radical (unpaired) electrons.